The van der Waals surface area contributed by atoms with Gasteiger partial charge in [-0.15, -0.1) is 0 Å². The summed E-state index contributed by atoms with van der Waals surface area (Å²) in [6, 6.07) is 5.59. The second-order valence-corrected chi connectivity index (χ2v) is 5.49. The maximum Gasteiger partial charge on any atom is 0.0575 e. The van der Waals surface area contributed by atoms with Gasteiger partial charge in [0, 0.05) is 17.1 Å². The van der Waals surface area contributed by atoms with Gasteiger partial charge in [-0.25, -0.2) is 0 Å². The molecule has 0 unspecified atom stereocenters. The molecule has 17 heavy (non-hydrogen) atoms. The Hall–Kier alpha value is -0.930. The van der Waals surface area contributed by atoms with Crippen LogP contribution >= 0.6 is 11.6 Å². The minimum absolute atomic E-state index is 0.298. The van der Waals surface area contributed by atoms with E-state index >= 15 is 0 Å². The average molecular weight is 254 g/mol. The fraction of sp³-hybridized carbons (Fsp3) is 0.538. The smallest absolute Gasteiger partial charge is 0.0575 e. The monoisotopic (exact) mass is 253 g/mol. The number of nitrogens with one attached hydrogen (secondary N) is 1. The highest BCUT2D eigenvalue weighted by Crippen LogP contribution is 2.36. The van der Waals surface area contributed by atoms with E-state index in [0.29, 0.717) is 16.2 Å². The fourth-order valence-corrected chi connectivity index (χ4v) is 2.50. The summed E-state index contributed by atoms with van der Waals surface area (Å²) in [6.45, 7) is 0.936. The Morgan fingerprint density at radius 2 is 2.12 bits per heavy atom. The van der Waals surface area contributed by atoms with Gasteiger partial charge in [-0.2, -0.15) is 0 Å². The van der Waals surface area contributed by atoms with E-state index in [-0.39, 0.29) is 0 Å². The number of halogens is 1. The molecule has 1 aliphatic rings. The Kier molecular flexibility index (Phi) is 3.50. The molecule has 0 amide bonds. The van der Waals surface area contributed by atoms with Crippen LogP contribution in [0, 0.1) is 0 Å². The summed E-state index contributed by atoms with van der Waals surface area (Å²) in [6.07, 6.45) is 3.82. The van der Waals surface area contributed by atoms with Gasteiger partial charge in [0.2, 0.25) is 0 Å². The third-order valence-electron chi connectivity index (χ3n) is 3.85. The van der Waals surface area contributed by atoms with E-state index < -0.39 is 0 Å². The van der Waals surface area contributed by atoms with Crippen LogP contribution in [0.25, 0.3) is 0 Å². The summed E-state index contributed by atoms with van der Waals surface area (Å²) in [7, 11) is 4.29. The van der Waals surface area contributed by atoms with Crippen molar-refractivity contribution in [2.75, 3.05) is 31.7 Å². The molecule has 0 radical (unpaired) electrons. The van der Waals surface area contributed by atoms with Crippen molar-refractivity contribution in [2.45, 2.75) is 24.8 Å². The van der Waals surface area contributed by atoms with Gasteiger partial charge in [-0.3, -0.25) is 0 Å². The van der Waals surface area contributed by atoms with Gasteiger partial charge in [0.25, 0.3) is 0 Å². The Bertz CT molecular complexity index is 400. The quantitative estimate of drug-likeness (QED) is 0.811. The lowest BCUT2D eigenvalue weighted by molar-refractivity contribution is 0.0739. The summed E-state index contributed by atoms with van der Waals surface area (Å²) in [5.74, 6) is 0. The number of likely N-dealkylation sites (N-methyl/N-ethyl adjacent to an activating group) is 1. The lowest BCUT2D eigenvalue weighted by Crippen LogP contribution is -2.54. The maximum absolute atomic E-state index is 5.93. The van der Waals surface area contributed by atoms with Crippen LogP contribution in [0.15, 0.2) is 18.2 Å². The van der Waals surface area contributed by atoms with E-state index in [0.717, 1.165) is 12.2 Å². The predicted molar refractivity (Wildman–Crippen MR) is 74.6 cm³/mol. The summed E-state index contributed by atoms with van der Waals surface area (Å²) in [5.41, 5.74) is 7.91. The average Bonchev–Trinajstić information content (AvgIpc) is 2.18. The molecular formula is C13H20ClN3. The van der Waals surface area contributed by atoms with Gasteiger partial charge in [0.05, 0.1) is 11.4 Å². The Labute approximate surface area is 108 Å². The molecule has 1 aromatic carbocycles. The number of rotatable bonds is 4. The third-order valence-corrected chi connectivity index (χ3v) is 4.09. The van der Waals surface area contributed by atoms with Crippen molar-refractivity contribution >= 4 is 23.0 Å². The SMILES string of the molecule is CN(C)C1(CNc2ccc(Cl)cc2N)CCC1. The molecule has 0 atom stereocenters. The van der Waals surface area contributed by atoms with Crippen molar-refractivity contribution in [3.05, 3.63) is 23.2 Å². The molecule has 1 saturated carbocycles. The van der Waals surface area contributed by atoms with Crippen LogP contribution in [0.1, 0.15) is 19.3 Å². The zero-order chi connectivity index (χ0) is 12.5. The number of nitrogen functional groups attached to an aromatic ring is 1. The first-order valence-corrected chi connectivity index (χ1v) is 6.38. The summed E-state index contributed by atoms with van der Waals surface area (Å²) in [4.78, 5) is 2.32. The first kappa shape index (κ1) is 12.5. The highest BCUT2D eigenvalue weighted by Gasteiger charge is 2.38. The fourth-order valence-electron chi connectivity index (χ4n) is 2.32. The number of hydrogen-bond donors (Lipinski definition) is 2. The van der Waals surface area contributed by atoms with E-state index in [1.165, 1.54) is 19.3 Å². The number of nitrogens with two attached hydrogens (primary N) is 1. The molecule has 3 N–H and O–H groups in total. The van der Waals surface area contributed by atoms with Gasteiger partial charge in [-0.05, 0) is 51.6 Å². The molecule has 1 aromatic rings. The van der Waals surface area contributed by atoms with Crippen molar-refractivity contribution in [2.24, 2.45) is 0 Å². The molecule has 3 nitrogen and oxygen atoms in total. The molecule has 0 spiro atoms. The summed E-state index contributed by atoms with van der Waals surface area (Å²) in [5, 5.41) is 4.12. The van der Waals surface area contributed by atoms with E-state index in [1.54, 1.807) is 6.07 Å². The van der Waals surface area contributed by atoms with Crippen molar-refractivity contribution in [3.8, 4) is 0 Å². The highest BCUT2D eigenvalue weighted by molar-refractivity contribution is 6.31. The van der Waals surface area contributed by atoms with Crippen molar-refractivity contribution in [1.29, 1.82) is 0 Å². The van der Waals surface area contributed by atoms with E-state index in [2.05, 4.69) is 24.3 Å². The lowest BCUT2D eigenvalue weighted by atomic mass is 9.75. The topological polar surface area (TPSA) is 41.3 Å². The maximum atomic E-state index is 5.93. The first-order chi connectivity index (χ1) is 8.03. The van der Waals surface area contributed by atoms with Gasteiger partial charge in [0.1, 0.15) is 0 Å². The molecule has 1 fully saturated rings. The zero-order valence-electron chi connectivity index (χ0n) is 10.5. The second kappa shape index (κ2) is 4.75. The van der Waals surface area contributed by atoms with E-state index in [4.69, 9.17) is 17.3 Å². The number of nitrogens with zero attached hydrogens (tertiary/aromatic N) is 1. The van der Waals surface area contributed by atoms with Crippen LogP contribution < -0.4 is 11.1 Å². The predicted octanol–water partition coefficient (Wildman–Crippen LogP) is 2.82. The molecule has 4 heteroatoms. The van der Waals surface area contributed by atoms with Gasteiger partial charge < -0.3 is 16.0 Å². The van der Waals surface area contributed by atoms with Gasteiger partial charge >= 0.3 is 0 Å². The molecule has 0 aromatic heterocycles. The summed E-state index contributed by atoms with van der Waals surface area (Å²) >= 11 is 5.88. The third kappa shape index (κ3) is 2.50. The van der Waals surface area contributed by atoms with Gasteiger partial charge in [-0.1, -0.05) is 11.6 Å². The Morgan fingerprint density at radius 1 is 1.41 bits per heavy atom. The zero-order valence-corrected chi connectivity index (χ0v) is 11.2. The standard InChI is InChI=1S/C13H20ClN3/c1-17(2)13(6-3-7-13)9-16-12-5-4-10(14)8-11(12)15/h4-5,8,16H,3,6-7,9,15H2,1-2H3. The van der Waals surface area contributed by atoms with Crippen LogP contribution in [0.5, 0.6) is 0 Å². The first-order valence-electron chi connectivity index (χ1n) is 6.00. The van der Waals surface area contributed by atoms with Gasteiger partial charge in [0.15, 0.2) is 0 Å². The largest absolute Gasteiger partial charge is 0.397 e. The number of benzene rings is 1. The Morgan fingerprint density at radius 3 is 2.59 bits per heavy atom. The second-order valence-electron chi connectivity index (χ2n) is 5.06. The molecule has 0 saturated heterocycles. The number of hydrogen-bond acceptors (Lipinski definition) is 3. The minimum atomic E-state index is 0.298. The molecular weight excluding hydrogens is 234 g/mol. The molecule has 0 bridgehead atoms. The van der Waals surface area contributed by atoms with E-state index in [9.17, 15) is 0 Å². The van der Waals surface area contributed by atoms with Crippen molar-refractivity contribution in [3.63, 3.8) is 0 Å². The van der Waals surface area contributed by atoms with Crippen LogP contribution in [-0.4, -0.2) is 31.1 Å². The number of anilines is 2. The van der Waals surface area contributed by atoms with Crippen LogP contribution in [0.3, 0.4) is 0 Å². The highest BCUT2D eigenvalue weighted by atomic mass is 35.5. The summed E-state index contributed by atoms with van der Waals surface area (Å²) < 4.78 is 0. The normalized spacial score (nSPS) is 17.9. The molecule has 0 heterocycles. The Balaban J connectivity index is 2.02. The van der Waals surface area contributed by atoms with Crippen molar-refractivity contribution < 1.29 is 0 Å². The van der Waals surface area contributed by atoms with Crippen molar-refractivity contribution in [1.82, 2.24) is 4.90 Å². The molecule has 0 aliphatic heterocycles. The molecule has 1 aliphatic carbocycles. The molecule has 94 valence electrons. The van der Waals surface area contributed by atoms with Crippen LogP contribution in [-0.2, 0) is 0 Å². The minimum Gasteiger partial charge on any atom is -0.397 e. The lowest BCUT2D eigenvalue weighted by Gasteiger charge is -2.47. The van der Waals surface area contributed by atoms with Crippen LogP contribution in [0.4, 0.5) is 11.4 Å². The van der Waals surface area contributed by atoms with Crippen LogP contribution in [0.2, 0.25) is 5.02 Å². The van der Waals surface area contributed by atoms with E-state index in [1.807, 2.05) is 12.1 Å². The molecule has 2 rings (SSSR count).